The van der Waals surface area contributed by atoms with Crippen molar-refractivity contribution in [2.45, 2.75) is 27.3 Å². The van der Waals surface area contributed by atoms with E-state index in [-0.39, 0.29) is 0 Å². The van der Waals surface area contributed by atoms with Crippen molar-refractivity contribution in [2.75, 3.05) is 11.1 Å². The van der Waals surface area contributed by atoms with Gasteiger partial charge >= 0.3 is 0 Å². The molecule has 0 radical (unpaired) electrons. The Labute approximate surface area is 111 Å². The fourth-order valence-corrected chi connectivity index (χ4v) is 1.84. The van der Waals surface area contributed by atoms with Gasteiger partial charge in [0, 0.05) is 5.69 Å². The highest BCUT2D eigenvalue weighted by Crippen LogP contribution is 2.27. The van der Waals surface area contributed by atoms with Crippen molar-refractivity contribution in [2.24, 2.45) is 0 Å². The molecule has 18 heavy (non-hydrogen) atoms. The fraction of sp³-hybridized carbons (Fsp3) is 0.308. The van der Waals surface area contributed by atoms with Gasteiger partial charge < -0.3 is 15.5 Å². The number of nitrogen functional groups attached to an aromatic ring is 1. The zero-order chi connectivity index (χ0) is 13.3. The van der Waals surface area contributed by atoms with E-state index in [0.29, 0.717) is 23.1 Å². The molecular formula is C13H16ClN3O. The summed E-state index contributed by atoms with van der Waals surface area (Å²) < 4.78 is 5.50. The van der Waals surface area contributed by atoms with Gasteiger partial charge in [-0.2, -0.15) is 0 Å². The highest BCUT2D eigenvalue weighted by molar-refractivity contribution is 6.33. The van der Waals surface area contributed by atoms with Crippen LogP contribution < -0.4 is 11.1 Å². The predicted molar refractivity (Wildman–Crippen MR) is 73.9 cm³/mol. The van der Waals surface area contributed by atoms with E-state index in [9.17, 15) is 0 Å². The van der Waals surface area contributed by atoms with Gasteiger partial charge in [0.2, 0.25) is 5.89 Å². The van der Waals surface area contributed by atoms with Crippen LogP contribution in [0.2, 0.25) is 5.02 Å². The second-order valence-electron chi connectivity index (χ2n) is 4.29. The molecule has 0 amide bonds. The number of nitrogens with one attached hydrogen (secondary N) is 1. The Hall–Kier alpha value is -1.68. The van der Waals surface area contributed by atoms with E-state index in [0.717, 1.165) is 22.7 Å². The first-order valence-corrected chi connectivity index (χ1v) is 6.07. The van der Waals surface area contributed by atoms with E-state index in [4.69, 9.17) is 21.8 Å². The second kappa shape index (κ2) is 4.90. The molecule has 0 spiro atoms. The number of aryl methyl sites for hydroxylation is 3. The fourth-order valence-electron chi connectivity index (χ4n) is 1.68. The number of hydrogen-bond acceptors (Lipinski definition) is 4. The number of hydrogen-bond donors (Lipinski definition) is 2. The summed E-state index contributed by atoms with van der Waals surface area (Å²) in [5, 5.41) is 3.79. The summed E-state index contributed by atoms with van der Waals surface area (Å²) in [5.74, 6) is 1.51. The SMILES string of the molecule is Cc1cc(N)c(Cl)cc1NCc1nc(C)c(C)o1. The van der Waals surface area contributed by atoms with Gasteiger partial charge in [-0.05, 0) is 38.5 Å². The summed E-state index contributed by atoms with van der Waals surface area (Å²) in [6.45, 7) is 6.32. The van der Waals surface area contributed by atoms with Crippen molar-refractivity contribution in [3.05, 3.63) is 40.1 Å². The maximum absolute atomic E-state index is 5.99. The third kappa shape index (κ3) is 2.59. The molecule has 0 saturated carbocycles. The van der Waals surface area contributed by atoms with Crippen molar-refractivity contribution >= 4 is 23.0 Å². The molecule has 0 aliphatic rings. The third-order valence-corrected chi connectivity index (χ3v) is 3.17. The van der Waals surface area contributed by atoms with E-state index in [2.05, 4.69) is 10.3 Å². The van der Waals surface area contributed by atoms with Crippen LogP contribution in [0, 0.1) is 20.8 Å². The molecule has 4 nitrogen and oxygen atoms in total. The lowest BCUT2D eigenvalue weighted by atomic mass is 10.2. The van der Waals surface area contributed by atoms with Gasteiger partial charge in [-0.15, -0.1) is 0 Å². The minimum atomic E-state index is 0.524. The number of rotatable bonds is 3. The molecule has 1 aromatic heterocycles. The second-order valence-corrected chi connectivity index (χ2v) is 4.70. The first-order chi connectivity index (χ1) is 8.47. The number of anilines is 2. The van der Waals surface area contributed by atoms with Crippen LogP contribution in [0.3, 0.4) is 0 Å². The summed E-state index contributed by atoms with van der Waals surface area (Å²) in [7, 11) is 0. The smallest absolute Gasteiger partial charge is 0.213 e. The van der Waals surface area contributed by atoms with Crippen molar-refractivity contribution in [3.8, 4) is 0 Å². The van der Waals surface area contributed by atoms with Crippen molar-refractivity contribution < 1.29 is 4.42 Å². The van der Waals surface area contributed by atoms with Crippen molar-refractivity contribution in [3.63, 3.8) is 0 Å². The number of oxazole rings is 1. The van der Waals surface area contributed by atoms with Gasteiger partial charge in [0.15, 0.2) is 0 Å². The van der Waals surface area contributed by atoms with Gasteiger partial charge in [0.25, 0.3) is 0 Å². The summed E-state index contributed by atoms with van der Waals surface area (Å²) in [6.07, 6.45) is 0. The van der Waals surface area contributed by atoms with Crippen LogP contribution in [-0.4, -0.2) is 4.98 Å². The topological polar surface area (TPSA) is 64.1 Å². The van der Waals surface area contributed by atoms with Crippen LogP contribution in [0.4, 0.5) is 11.4 Å². The molecule has 96 valence electrons. The van der Waals surface area contributed by atoms with Gasteiger partial charge in [-0.25, -0.2) is 4.98 Å². The summed E-state index contributed by atoms with van der Waals surface area (Å²) in [6, 6.07) is 3.66. The van der Waals surface area contributed by atoms with Crippen molar-refractivity contribution in [1.29, 1.82) is 0 Å². The third-order valence-electron chi connectivity index (χ3n) is 2.85. The Morgan fingerprint density at radius 1 is 1.33 bits per heavy atom. The highest BCUT2D eigenvalue weighted by Gasteiger charge is 2.07. The minimum Gasteiger partial charge on any atom is -0.444 e. The molecule has 5 heteroatoms. The molecule has 0 bridgehead atoms. The number of nitrogens with two attached hydrogens (primary N) is 1. The normalized spacial score (nSPS) is 10.7. The molecule has 0 saturated heterocycles. The number of halogens is 1. The average Bonchev–Trinajstić information content (AvgIpc) is 2.62. The minimum absolute atomic E-state index is 0.524. The molecule has 0 atom stereocenters. The van der Waals surface area contributed by atoms with Crippen LogP contribution in [0.1, 0.15) is 22.9 Å². The quantitative estimate of drug-likeness (QED) is 0.835. The Balaban J connectivity index is 2.13. The first-order valence-electron chi connectivity index (χ1n) is 5.69. The van der Waals surface area contributed by atoms with E-state index < -0.39 is 0 Å². The van der Waals surface area contributed by atoms with E-state index in [1.807, 2.05) is 32.9 Å². The maximum atomic E-state index is 5.99. The van der Waals surface area contributed by atoms with E-state index in [1.54, 1.807) is 0 Å². The number of benzene rings is 1. The maximum Gasteiger partial charge on any atom is 0.213 e. The highest BCUT2D eigenvalue weighted by atomic mass is 35.5. The predicted octanol–water partition coefficient (Wildman–Crippen LogP) is 3.45. The van der Waals surface area contributed by atoms with Gasteiger partial charge in [-0.1, -0.05) is 11.6 Å². The number of nitrogens with zero attached hydrogens (tertiary/aromatic N) is 1. The molecular weight excluding hydrogens is 250 g/mol. The monoisotopic (exact) mass is 265 g/mol. The van der Waals surface area contributed by atoms with E-state index in [1.165, 1.54) is 0 Å². The van der Waals surface area contributed by atoms with E-state index >= 15 is 0 Å². The molecule has 0 aliphatic carbocycles. The number of aromatic nitrogens is 1. The molecule has 2 rings (SSSR count). The summed E-state index contributed by atoms with van der Waals surface area (Å²) in [5.41, 5.74) is 9.20. The molecule has 3 N–H and O–H groups in total. The lowest BCUT2D eigenvalue weighted by Gasteiger charge is -2.09. The van der Waals surface area contributed by atoms with Crippen LogP contribution in [0.25, 0.3) is 0 Å². The van der Waals surface area contributed by atoms with Crippen LogP contribution in [0.15, 0.2) is 16.5 Å². The van der Waals surface area contributed by atoms with Crippen molar-refractivity contribution in [1.82, 2.24) is 4.98 Å². The average molecular weight is 266 g/mol. The van der Waals surface area contributed by atoms with Gasteiger partial charge in [-0.3, -0.25) is 0 Å². The van der Waals surface area contributed by atoms with Crippen LogP contribution in [-0.2, 0) is 6.54 Å². The molecule has 1 heterocycles. The zero-order valence-corrected chi connectivity index (χ0v) is 11.4. The summed E-state index contributed by atoms with van der Waals surface area (Å²) >= 11 is 5.99. The summed E-state index contributed by atoms with van der Waals surface area (Å²) in [4.78, 5) is 4.31. The Morgan fingerprint density at radius 2 is 2.06 bits per heavy atom. The van der Waals surface area contributed by atoms with Gasteiger partial charge in [0.1, 0.15) is 5.76 Å². The first kappa shape index (κ1) is 12.8. The molecule has 0 fully saturated rings. The largest absolute Gasteiger partial charge is 0.444 e. The van der Waals surface area contributed by atoms with Gasteiger partial charge in [0.05, 0.1) is 22.9 Å². The zero-order valence-electron chi connectivity index (χ0n) is 10.7. The van der Waals surface area contributed by atoms with Crippen LogP contribution >= 0.6 is 11.6 Å². The van der Waals surface area contributed by atoms with Crippen LogP contribution in [0.5, 0.6) is 0 Å². The lowest BCUT2D eigenvalue weighted by molar-refractivity contribution is 0.478. The molecule has 1 aromatic carbocycles. The Morgan fingerprint density at radius 3 is 2.67 bits per heavy atom. The Bertz CT molecular complexity index is 558. The molecule has 0 aliphatic heterocycles. The lowest BCUT2D eigenvalue weighted by Crippen LogP contribution is -2.02. The molecule has 2 aromatic rings. The standard InChI is InChI=1S/C13H16ClN3O/c1-7-4-11(15)10(14)5-12(7)16-6-13-17-8(2)9(3)18-13/h4-5,16H,6,15H2,1-3H3. The Kier molecular flexibility index (Phi) is 3.48. The molecule has 0 unspecified atom stereocenters.